The van der Waals surface area contributed by atoms with Gasteiger partial charge in [-0.1, -0.05) is 12.8 Å². The molecule has 18 heavy (non-hydrogen) atoms. The van der Waals surface area contributed by atoms with Crippen molar-refractivity contribution in [2.24, 2.45) is 11.7 Å². The first kappa shape index (κ1) is 13.6. The van der Waals surface area contributed by atoms with Crippen LogP contribution in [0.3, 0.4) is 0 Å². The van der Waals surface area contributed by atoms with E-state index in [2.05, 4.69) is 23.0 Å². The van der Waals surface area contributed by atoms with E-state index in [-0.39, 0.29) is 0 Å². The number of ether oxygens (including phenoxy) is 1. The van der Waals surface area contributed by atoms with Gasteiger partial charge in [0.1, 0.15) is 0 Å². The number of hydrogen-bond acceptors (Lipinski definition) is 2. The third kappa shape index (κ3) is 4.46. The van der Waals surface area contributed by atoms with E-state index < -0.39 is 0 Å². The van der Waals surface area contributed by atoms with Crippen molar-refractivity contribution in [3.63, 3.8) is 0 Å². The minimum absolute atomic E-state index is 0.744. The highest BCUT2D eigenvalue weighted by Crippen LogP contribution is 2.20. The molecule has 1 aromatic rings. The molecular weight excluding hydrogens is 224 g/mol. The Labute approximate surface area is 110 Å². The van der Waals surface area contributed by atoms with E-state index in [9.17, 15) is 0 Å². The summed E-state index contributed by atoms with van der Waals surface area (Å²) in [6.45, 7) is 3.84. The lowest BCUT2D eigenvalue weighted by atomic mass is 9.94. The molecule has 1 aromatic heterocycles. The highest BCUT2D eigenvalue weighted by molar-refractivity contribution is 5.10. The van der Waals surface area contributed by atoms with E-state index in [0.29, 0.717) is 0 Å². The lowest BCUT2D eigenvalue weighted by molar-refractivity contribution is 0.0630. The maximum absolute atomic E-state index is 5.55. The summed E-state index contributed by atoms with van der Waals surface area (Å²) in [7, 11) is 0. The zero-order valence-electron chi connectivity index (χ0n) is 11.3. The van der Waals surface area contributed by atoms with Crippen molar-refractivity contribution in [2.75, 3.05) is 19.8 Å². The molecule has 102 valence electrons. The lowest BCUT2D eigenvalue weighted by Gasteiger charge is -2.21. The Hall–Kier alpha value is -0.800. The summed E-state index contributed by atoms with van der Waals surface area (Å²) < 4.78 is 7.69. The quantitative estimate of drug-likeness (QED) is 0.756. The number of unbranched alkanes of at least 4 members (excludes halogenated alkanes) is 1. The molecule has 2 rings (SSSR count). The monoisotopic (exact) mass is 250 g/mol. The van der Waals surface area contributed by atoms with Gasteiger partial charge >= 0.3 is 0 Å². The molecule has 0 aliphatic carbocycles. The van der Waals surface area contributed by atoms with Crippen LogP contribution in [0.2, 0.25) is 0 Å². The molecule has 1 aliphatic rings. The van der Waals surface area contributed by atoms with E-state index in [4.69, 9.17) is 10.5 Å². The van der Waals surface area contributed by atoms with E-state index in [1.165, 1.54) is 37.7 Å². The van der Waals surface area contributed by atoms with Crippen LogP contribution in [0, 0.1) is 5.92 Å². The van der Waals surface area contributed by atoms with Crippen LogP contribution >= 0.6 is 0 Å². The molecule has 0 atom stereocenters. The standard InChI is InChI=1S/C15H26N2O/c16-8-4-15-5-10-17(13-15)9-2-1-3-14-6-11-18-12-7-14/h5,10,13-14H,1-4,6-9,11-12,16H2. The van der Waals surface area contributed by atoms with Gasteiger partial charge in [0.15, 0.2) is 0 Å². The topological polar surface area (TPSA) is 40.2 Å². The van der Waals surface area contributed by atoms with Crippen LogP contribution < -0.4 is 5.73 Å². The summed E-state index contributed by atoms with van der Waals surface area (Å²) in [4.78, 5) is 0. The molecule has 3 heteroatoms. The van der Waals surface area contributed by atoms with Gasteiger partial charge in [0.2, 0.25) is 0 Å². The summed E-state index contributed by atoms with van der Waals surface area (Å²) >= 11 is 0. The molecule has 1 aliphatic heterocycles. The molecule has 0 unspecified atom stereocenters. The normalized spacial score (nSPS) is 17.2. The predicted molar refractivity (Wildman–Crippen MR) is 74.6 cm³/mol. The van der Waals surface area contributed by atoms with Gasteiger partial charge in [-0.15, -0.1) is 0 Å². The van der Waals surface area contributed by atoms with Crippen molar-refractivity contribution in [3.8, 4) is 0 Å². The molecule has 1 fully saturated rings. The molecule has 0 spiro atoms. The maximum Gasteiger partial charge on any atom is 0.0468 e. The van der Waals surface area contributed by atoms with Gasteiger partial charge < -0.3 is 15.0 Å². The van der Waals surface area contributed by atoms with Crippen molar-refractivity contribution in [2.45, 2.75) is 45.1 Å². The van der Waals surface area contributed by atoms with Crippen LogP contribution in [0.4, 0.5) is 0 Å². The van der Waals surface area contributed by atoms with Crippen LogP contribution in [-0.4, -0.2) is 24.3 Å². The van der Waals surface area contributed by atoms with Crippen LogP contribution in [0.15, 0.2) is 18.5 Å². The lowest BCUT2D eigenvalue weighted by Crippen LogP contribution is -2.15. The van der Waals surface area contributed by atoms with E-state index >= 15 is 0 Å². The van der Waals surface area contributed by atoms with Crippen LogP contribution in [0.1, 0.15) is 37.7 Å². The average Bonchev–Trinajstić information content (AvgIpc) is 2.84. The van der Waals surface area contributed by atoms with Gasteiger partial charge in [-0.2, -0.15) is 0 Å². The Bertz CT molecular complexity index is 329. The zero-order chi connectivity index (χ0) is 12.6. The maximum atomic E-state index is 5.55. The number of nitrogens with zero attached hydrogens (tertiary/aromatic N) is 1. The molecule has 2 N–H and O–H groups in total. The van der Waals surface area contributed by atoms with Crippen LogP contribution in [0.5, 0.6) is 0 Å². The summed E-state index contributed by atoms with van der Waals surface area (Å²) in [5, 5.41) is 0. The Balaban J connectivity index is 1.59. The predicted octanol–water partition coefficient (Wildman–Crippen LogP) is 2.59. The van der Waals surface area contributed by atoms with E-state index in [0.717, 1.165) is 38.6 Å². The first-order valence-electron chi connectivity index (χ1n) is 7.31. The highest BCUT2D eigenvalue weighted by atomic mass is 16.5. The number of hydrogen-bond donors (Lipinski definition) is 1. The summed E-state index contributed by atoms with van der Waals surface area (Å²) in [6, 6.07) is 2.19. The zero-order valence-corrected chi connectivity index (χ0v) is 11.3. The Kier molecular flexibility index (Phi) is 5.75. The second kappa shape index (κ2) is 7.59. The minimum Gasteiger partial charge on any atom is -0.381 e. The van der Waals surface area contributed by atoms with Crippen LogP contribution in [0.25, 0.3) is 0 Å². The molecule has 0 saturated carbocycles. The highest BCUT2D eigenvalue weighted by Gasteiger charge is 2.12. The molecule has 2 heterocycles. The van der Waals surface area contributed by atoms with E-state index in [1.54, 1.807) is 0 Å². The second-order valence-corrected chi connectivity index (χ2v) is 5.35. The van der Waals surface area contributed by atoms with Gasteiger partial charge in [0.25, 0.3) is 0 Å². The largest absolute Gasteiger partial charge is 0.381 e. The van der Waals surface area contributed by atoms with Crippen molar-refractivity contribution >= 4 is 0 Å². The number of aryl methyl sites for hydroxylation is 1. The third-order valence-electron chi connectivity index (χ3n) is 3.86. The average molecular weight is 250 g/mol. The molecule has 0 bridgehead atoms. The SMILES string of the molecule is NCCc1ccn(CCCCC2CCOCC2)c1. The fourth-order valence-electron chi connectivity index (χ4n) is 2.71. The van der Waals surface area contributed by atoms with Gasteiger partial charge in [-0.25, -0.2) is 0 Å². The molecular formula is C15H26N2O. The van der Waals surface area contributed by atoms with Gasteiger partial charge in [-0.3, -0.25) is 0 Å². The van der Waals surface area contributed by atoms with Gasteiger partial charge in [0, 0.05) is 32.2 Å². The first-order chi connectivity index (χ1) is 8.88. The Morgan fingerprint density at radius 2 is 2.11 bits per heavy atom. The van der Waals surface area contributed by atoms with Gasteiger partial charge in [-0.05, 0) is 49.8 Å². The summed E-state index contributed by atoms with van der Waals surface area (Å²) in [5.74, 6) is 0.913. The third-order valence-corrected chi connectivity index (χ3v) is 3.86. The van der Waals surface area contributed by atoms with E-state index in [1.807, 2.05) is 0 Å². The number of nitrogens with two attached hydrogens (primary N) is 1. The van der Waals surface area contributed by atoms with Crippen molar-refractivity contribution in [1.82, 2.24) is 4.57 Å². The minimum atomic E-state index is 0.744. The van der Waals surface area contributed by atoms with Crippen molar-refractivity contribution < 1.29 is 4.74 Å². The van der Waals surface area contributed by atoms with Crippen LogP contribution in [-0.2, 0) is 17.7 Å². The fourth-order valence-corrected chi connectivity index (χ4v) is 2.71. The number of rotatable bonds is 7. The van der Waals surface area contributed by atoms with Crippen molar-refractivity contribution in [1.29, 1.82) is 0 Å². The molecule has 1 saturated heterocycles. The van der Waals surface area contributed by atoms with Gasteiger partial charge in [0.05, 0.1) is 0 Å². The second-order valence-electron chi connectivity index (χ2n) is 5.35. The summed E-state index contributed by atoms with van der Waals surface area (Å²) in [5.41, 5.74) is 6.92. The molecule has 0 radical (unpaired) electrons. The first-order valence-corrected chi connectivity index (χ1v) is 7.31. The molecule has 3 nitrogen and oxygen atoms in total. The molecule has 0 aromatic carbocycles. The fraction of sp³-hybridized carbons (Fsp3) is 0.733. The Morgan fingerprint density at radius 3 is 2.89 bits per heavy atom. The molecule has 0 amide bonds. The smallest absolute Gasteiger partial charge is 0.0468 e. The Morgan fingerprint density at radius 1 is 1.28 bits per heavy atom. The summed E-state index contributed by atoms with van der Waals surface area (Å²) in [6.07, 6.45) is 12.0. The van der Waals surface area contributed by atoms with Crippen molar-refractivity contribution in [3.05, 3.63) is 24.0 Å². The number of aromatic nitrogens is 1.